The highest BCUT2D eigenvalue weighted by molar-refractivity contribution is 7.91. The van der Waals surface area contributed by atoms with E-state index < -0.39 is 44.7 Å². The summed E-state index contributed by atoms with van der Waals surface area (Å²) in [4.78, 5) is 14.0. The second-order valence-electron chi connectivity index (χ2n) is 8.32. The van der Waals surface area contributed by atoms with Crippen LogP contribution in [0.15, 0.2) is 40.9 Å². The Kier molecular flexibility index (Phi) is 9.38. The van der Waals surface area contributed by atoms with Gasteiger partial charge in [0.25, 0.3) is 11.7 Å². The van der Waals surface area contributed by atoms with Crippen LogP contribution in [0.2, 0.25) is 0 Å². The summed E-state index contributed by atoms with van der Waals surface area (Å²) in [5, 5.41) is 14.7. The number of halogens is 5. The zero-order chi connectivity index (χ0) is 27.1. The van der Waals surface area contributed by atoms with Crippen molar-refractivity contribution in [3.8, 4) is 6.07 Å². The van der Waals surface area contributed by atoms with E-state index >= 15 is 0 Å². The van der Waals surface area contributed by atoms with E-state index in [1.807, 2.05) is 6.07 Å². The van der Waals surface area contributed by atoms with Gasteiger partial charge in [0.15, 0.2) is 0 Å². The van der Waals surface area contributed by atoms with Crippen molar-refractivity contribution in [3.05, 3.63) is 36.0 Å². The van der Waals surface area contributed by atoms with E-state index in [4.69, 9.17) is 11.5 Å². The van der Waals surface area contributed by atoms with Crippen LogP contribution >= 0.6 is 0 Å². The normalized spacial score (nSPS) is 21.8. The van der Waals surface area contributed by atoms with E-state index in [0.29, 0.717) is 25.7 Å². The molecule has 0 atom stereocenters. The number of nitriles is 1. The Morgan fingerprint density at radius 2 is 1.81 bits per heavy atom. The molecule has 1 aliphatic rings. The first-order valence-corrected chi connectivity index (χ1v) is 12.2. The maximum absolute atomic E-state index is 12.7. The maximum Gasteiger partial charge on any atom is 0.401 e. The van der Waals surface area contributed by atoms with E-state index in [0.717, 1.165) is 12.1 Å². The van der Waals surface area contributed by atoms with Crippen molar-refractivity contribution in [2.45, 2.75) is 60.5 Å². The lowest BCUT2D eigenvalue weighted by Gasteiger charge is -2.39. The number of amidine groups is 1. The summed E-state index contributed by atoms with van der Waals surface area (Å²) in [6.45, 7) is -1.12. The first-order valence-electron chi connectivity index (χ1n) is 10.7. The Labute approximate surface area is 204 Å². The number of nitrogens with zero attached hydrogens (tertiary/aromatic N) is 1. The summed E-state index contributed by atoms with van der Waals surface area (Å²) >= 11 is 0. The van der Waals surface area contributed by atoms with Gasteiger partial charge in [-0.3, -0.25) is 10.5 Å². The van der Waals surface area contributed by atoms with Crippen molar-refractivity contribution in [3.63, 3.8) is 0 Å². The minimum absolute atomic E-state index is 0.00887. The molecule has 7 N–H and O–H groups in total. The van der Waals surface area contributed by atoms with Gasteiger partial charge in [-0.1, -0.05) is 0 Å². The van der Waals surface area contributed by atoms with Crippen molar-refractivity contribution in [1.29, 1.82) is 5.26 Å². The summed E-state index contributed by atoms with van der Waals surface area (Å²) < 4.78 is 85.8. The third-order valence-corrected chi connectivity index (χ3v) is 7.12. The van der Waals surface area contributed by atoms with Gasteiger partial charge >= 0.3 is 11.9 Å². The molecule has 1 fully saturated rings. The maximum atomic E-state index is 12.7. The summed E-state index contributed by atoms with van der Waals surface area (Å²) in [7, 11) is -4.78. The number of hydrogen-bond acceptors (Lipinski definition) is 6. The molecule has 0 unspecified atom stereocenters. The zero-order valence-electron chi connectivity index (χ0n) is 18.9. The molecule has 0 radical (unpaired) electrons. The molecule has 2 rings (SSSR count). The number of sulfone groups is 1. The van der Waals surface area contributed by atoms with Gasteiger partial charge in [0.1, 0.15) is 11.3 Å². The van der Waals surface area contributed by atoms with Crippen molar-refractivity contribution >= 4 is 27.3 Å². The van der Waals surface area contributed by atoms with Crippen molar-refractivity contribution in [2.75, 3.05) is 6.54 Å². The fourth-order valence-electron chi connectivity index (χ4n) is 3.72. The number of nitrogens with one attached hydrogen (secondary N) is 3. The molecular weight excluding hydrogens is 511 g/mol. The molecule has 0 saturated heterocycles. The second kappa shape index (κ2) is 11.7. The fourth-order valence-corrected chi connectivity index (χ4v) is 4.44. The SMILES string of the molecule is N#CCC1(N/C=C(/C(N)=O)C(N)=[NH+]c2ccc(S(=O)(=O)C(F)F)cc2)CCC(NCC(F)(F)F)CC1. The highest BCUT2D eigenvalue weighted by atomic mass is 32.2. The van der Waals surface area contributed by atoms with Gasteiger partial charge in [-0.15, -0.1) is 0 Å². The lowest BCUT2D eigenvalue weighted by atomic mass is 9.77. The predicted molar refractivity (Wildman–Crippen MR) is 119 cm³/mol. The van der Waals surface area contributed by atoms with Crippen LogP contribution in [0.25, 0.3) is 0 Å². The van der Waals surface area contributed by atoms with E-state index in [1.54, 1.807) is 0 Å². The number of amides is 1. The number of primary amides is 1. The number of carbonyl (C=O) groups excluding carboxylic acids is 1. The number of carbonyl (C=O) groups is 1. The summed E-state index contributed by atoms with van der Waals surface area (Å²) in [6, 6.07) is 5.87. The molecule has 1 aromatic rings. The van der Waals surface area contributed by atoms with Gasteiger partial charge in [0.05, 0.1) is 23.9 Å². The van der Waals surface area contributed by atoms with E-state index in [-0.39, 0.29) is 29.6 Å². The lowest BCUT2D eigenvalue weighted by molar-refractivity contribution is -0.354. The Balaban J connectivity index is 2.18. The molecule has 0 aromatic heterocycles. The Morgan fingerprint density at radius 3 is 2.28 bits per heavy atom. The highest BCUT2D eigenvalue weighted by Crippen LogP contribution is 2.32. The van der Waals surface area contributed by atoms with Crippen LogP contribution in [0, 0.1) is 11.3 Å². The first-order chi connectivity index (χ1) is 16.7. The predicted octanol–water partition coefficient (Wildman–Crippen LogP) is 0.458. The molecule has 0 aliphatic heterocycles. The van der Waals surface area contributed by atoms with Crippen LogP contribution in [-0.2, 0) is 14.6 Å². The topological polar surface area (TPSA) is 165 Å². The molecule has 15 heteroatoms. The number of nitrogens with two attached hydrogens (primary N) is 2. The zero-order valence-corrected chi connectivity index (χ0v) is 19.7. The second-order valence-corrected chi connectivity index (χ2v) is 10.2. The van der Waals surface area contributed by atoms with Crippen molar-refractivity contribution < 1.29 is 40.2 Å². The molecule has 1 aliphatic carbocycles. The minimum atomic E-state index is -4.78. The Bertz CT molecular complexity index is 1140. The average molecular weight is 538 g/mol. The van der Waals surface area contributed by atoms with Gasteiger partial charge in [0.2, 0.25) is 9.84 Å². The summed E-state index contributed by atoms with van der Waals surface area (Å²) in [5.41, 5.74) is 10.5. The van der Waals surface area contributed by atoms with Crippen LogP contribution < -0.4 is 27.1 Å². The van der Waals surface area contributed by atoms with Crippen LogP contribution in [0.4, 0.5) is 27.6 Å². The number of rotatable bonds is 10. The van der Waals surface area contributed by atoms with Gasteiger partial charge in [-0.2, -0.15) is 27.2 Å². The van der Waals surface area contributed by atoms with Crippen LogP contribution in [-0.4, -0.2) is 50.2 Å². The molecule has 0 bridgehead atoms. The molecule has 1 saturated carbocycles. The molecule has 9 nitrogen and oxygen atoms in total. The van der Waals surface area contributed by atoms with Gasteiger partial charge < -0.3 is 16.4 Å². The third-order valence-electron chi connectivity index (χ3n) is 5.73. The molecule has 198 valence electrons. The molecule has 1 amide bonds. The smallest absolute Gasteiger partial charge is 0.384 e. The Morgan fingerprint density at radius 1 is 1.22 bits per heavy atom. The van der Waals surface area contributed by atoms with E-state index in [9.17, 15) is 40.4 Å². The van der Waals surface area contributed by atoms with Crippen molar-refractivity contribution in [1.82, 2.24) is 10.6 Å². The largest absolute Gasteiger partial charge is 0.401 e. The Hall–Kier alpha value is -3.25. The van der Waals surface area contributed by atoms with E-state index in [1.165, 1.54) is 18.3 Å². The van der Waals surface area contributed by atoms with Crippen LogP contribution in [0.1, 0.15) is 32.1 Å². The van der Waals surface area contributed by atoms with E-state index in [2.05, 4.69) is 15.6 Å². The minimum Gasteiger partial charge on any atom is -0.384 e. The molecule has 0 heterocycles. The third kappa shape index (κ3) is 7.89. The number of alkyl halides is 5. The highest BCUT2D eigenvalue weighted by Gasteiger charge is 2.36. The number of benzene rings is 1. The van der Waals surface area contributed by atoms with Crippen molar-refractivity contribution in [2.24, 2.45) is 11.5 Å². The molecule has 0 spiro atoms. The van der Waals surface area contributed by atoms with Crippen LogP contribution in [0.5, 0.6) is 0 Å². The number of hydrogen-bond donors (Lipinski definition) is 5. The van der Waals surface area contributed by atoms with Gasteiger partial charge in [0, 0.05) is 17.8 Å². The quantitative estimate of drug-likeness (QED) is 0.125. The molecule has 1 aromatic carbocycles. The standard InChI is InChI=1S/C21H25F5N6O3S/c22-19(23)36(34,35)15-3-1-14(2-4-15)32-17(28)16(18(29)33)11-31-20(9-10-27)7-5-13(6-8-20)30-12-21(24,25)26/h1-4,11,13,19,30-31H,5-9,12H2,(H2,28,32)(H2,29,33)/p+1/b16-11+. The average Bonchev–Trinajstić information content (AvgIpc) is 2.78. The van der Waals surface area contributed by atoms with Crippen LogP contribution in [0.3, 0.4) is 0 Å². The van der Waals surface area contributed by atoms with Gasteiger partial charge in [-0.05, 0) is 49.9 Å². The first kappa shape index (κ1) is 29.0. The molecular formula is C21H26F5N6O3S+. The summed E-state index contributed by atoms with van der Waals surface area (Å²) in [6.07, 6.45) is -1.73. The lowest BCUT2D eigenvalue weighted by Crippen LogP contribution is -2.70. The summed E-state index contributed by atoms with van der Waals surface area (Å²) in [5.74, 6) is -4.77. The fraction of sp³-hybridized carbons (Fsp3) is 0.476. The monoisotopic (exact) mass is 537 g/mol. The van der Waals surface area contributed by atoms with Gasteiger partial charge in [-0.25, -0.2) is 13.4 Å². The molecule has 36 heavy (non-hydrogen) atoms.